The number of carbonyl (C=O) groups excluding carboxylic acids is 1. The van der Waals surface area contributed by atoms with E-state index in [1.54, 1.807) is 0 Å². The van der Waals surface area contributed by atoms with E-state index in [0.29, 0.717) is 5.92 Å². The molecule has 24 heavy (non-hydrogen) atoms. The molecule has 3 rings (SSSR count). The Morgan fingerprint density at radius 2 is 1.92 bits per heavy atom. The molecule has 3 aromatic rings. The first kappa shape index (κ1) is 16.2. The fourth-order valence-corrected chi connectivity index (χ4v) is 3.19. The van der Waals surface area contributed by atoms with E-state index in [1.807, 2.05) is 38.2 Å². The molecule has 0 saturated carbocycles. The number of benzene rings is 1. The molecule has 1 unspecified atom stereocenters. The lowest BCUT2D eigenvalue weighted by Crippen LogP contribution is -2.18. The number of fused-ring (bicyclic) bond motifs is 1. The summed E-state index contributed by atoms with van der Waals surface area (Å²) in [6, 6.07) is 10.2. The van der Waals surface area contributed by atoms with Crippen LogP contribution in [-0.4, -0.2) is 15.9 Å². The van der Waals surface area contributed by atoms with E-state index in [1.165, 1.54) is 5.56 Å². The monoisotopic (exact) mass is 321 g/mol. The van der Waals surface area contributed by atoms with Crippen molar-refractivity contribution in [3.05, 3.63) is 53.3 Å². The van der Waals surface area contributed by atoms with Gasteiger partial charge in [-0.3, -0.25) is 9.78 Å². The van der Waals surface area contributed by atoms with E-state index < -0.39 is 0 Å². The number of rotatable bonds is 4. The molecule has 0 bridgehead atoms. The number of primary amides is 1. The van der Waals surface area contributed by atoms with Crippen LogP contribution in [-0.2, 0) is 4.79 Å². The maximum atomic E-state index is 11.5. The lowest BCUT2D eigenvalue weighted by molar-refractivity contribution is -0.119. The van der Waals surface area contributed by atoms with Crippen molar-refractivity contribution in [3.8, 4) is 11.3 Å². The molecular formula is C20H23N3O. The van der Waals surface area contributed by atoms with Gasteiger partial charge in [-0.05, 0) is 55.2 Å². The molecule has 0 fully saturated rings. The van der Waals surface area contributed by atoms with Crippen molar-refractivity contribution in [1.82, 2.24) is 9.97 Å². The first-order valence-corrected chi connectivity index (χ1v) is 8.26. The van der Waals surface area contributed by atoms with E-state index in [2.05, 4.69) is 35.9 Å². The molecule has 0 aliphatic rings. The highest BCUT2D eigenvalue weighted by Crippen LogP contribution is 2.36. The van der Waals surface area contributed by atoms with Gasteiger partial charge in [0.15, 0.2) is 0 Å². The molecule has 4 heteroatoms. The van der Waals surface area contributed by atoms with Crippen LogP contribution in [0.25, 0.3) is 22.2 Å². The Hall–Kier alpha value is -2.62. The summed E-state index contributed by atoms with van der Waals surface area (Å²) in [4.78, 5) is 19.4. The van der Waals surface area contributed by atoms with E-state index in [-0.39, 0.29) is 11.8 Å². The van der Waals surface area contributed by atoms with Crippen LogP contribution in [0.1, 0.15) is 49.4 Å². The minimum Gasteiger partial charge on any atom is -0.369 e. The van der Waals surface area contributed by atoms with Crippen LogP contribution in [0.2, 0.25) is 0 Å². The number of hydrogen-bond donors (Lipinski definition) is 2. The molecule has 0 radical (unpaired) electrons. The maximum absolute atomic E-state index is 11.5. The Morgan fingerprint density at radius 3 is 2.54 bits per heavy atom. The van der Waals surface area contributed by atoms with Crippen LogP contribution in [0.4, 0.5) is 0 Å². The van der Waals surface area contributed by atoms with Gasteiger partial charge in [0.05, 0.1) is 11.6 Å². The summed E-state index contributed by atoms with van der Waals surface area (Å²) in [6.45, 7) is 8.21. The molecule has 1 atom stereocenters. The number of nitrogens with one attached hydrogen (secondary N) is 1. The smallest absolute Gasteiger partial charge is 0.224 e. The van der Waals surface area contributed by atoms with E-state index in [9.17, 15) is 4.79 Å². The second-order valence-electron chi connectivity index (χ2n) is 6.68. The van der Waals surface area contributed by atoms with Gasteiger partial charge in [-0.1, -0.05) is 19.9 Å². The predicted molar refractivity (Wildman–Crippen MR) is 98.0 cm³/mol. The number of aryl methyl sites for hydroxylation is 1. The zero-order valence-corrected chi connectivity index (χ0v) is 14.6. The molecule has 4 nitrogen and oxygen atoms in total. The van der Waals surface area contributed by atoms with Crippen molar-refractivity contribution in [3.63, 3.8) is 0 Å². The highest BCUT2D eigenvalue weighted by atomic mass is 16.1. The van der Waals surface area contributed by atoms with Gasteiger partial charge in [-0.2, -0.15) is 0 Å². The minimum absolute atomic E-state index is 0.295. The third-order valence-corrected chi connectivity index (χ3v) is 4.55. The molecule has 1 amide bonds. The van der Waals surface area contributed by atoms with Gasteiger partial charge in [-0.25, -0.2) is 0 Å². The molecule has 0 aliphatic carbocycles. The van der Waals surface area contributed by atoms with E-state index in [0.717, 1.165) is 33.4 Å². The van der Waals surface area contributed by atoms with Crippen LogP contribution in [0, 0.1) is 6.92 Å². The zero-order chi connectivity index (χ0) is 17.4. The lowest BCUT2D eigenvalue weighted by Gasteiger charge is -2.11. The number of H-pyrrole nitrogens is 1. The minimum atomic E-state index is -0.305. The largest absolute Gasteiger partial charge is 0.369 e. The number of hydrogen-bond acceptors (Lipinski definition) is 2. The van der Waals surface area contributed by atoms with Crippen LogP contribution < -0.4 is 5.73 Å². The quantitative estimate of drug-likeness (QED) is 0.754. The number of amides is 1. The summed E-state index contributed by atoms with van der Waals surface area (Å²) in [5.74, 6) is -0.252. The molecule has 0 aliphatic heterocycles. The number of aromatic nitrogens is 2. The third-order valence-electron chi connectivity index (χ3n) is 4.55. The van der Waals surface area contributed by atoms with Crippen molar-refractivity contribution in [2.75, 3.05) is 0 Å². The van der Waals surface area contributed by atoms with E-state index in [4.69, 9.17) is 5.73 Å². The average molecular weight is 321 g/mol. The first-order valence-electron chi connectivity index (χ1n) is 8.26. The Morgan fingerprint density at radius 1 is 1.17 bits per heavy atom. The molecule has 0 saturated heterocycles. The second-order valence-corrected chi connectivity index (χ2v) is 6.68. The van der Waals surface area contributed by atoms with Gasteiger partial charge in [-0.15, -0.1) is 0 Å². The lowest BCUT2D eigenvalue weighted by atomic mass is 9.93. The molecule has 1 aromatic carbocycles. The molecule has 124 valence electrons. The Labute approximate surface area is 142 Å². The van der Waals surface area contributed by atoms with Gasteiger partial charge in [0.1, 0.15) is 0 Å². The topological polar surface area (TPSA) is 71.8 Å². The highest BCUT2D eigenvalue weighted by molar-refractivity contribution is 5.93. The summed E-state index contributed by atoms with van der Waals surface area (Å²) in [6.07, 6.45) is 1.83. The van der Waals surface area contributed by atoms with Crippen molar-refractivity contribution in [2.45, 2.75) is 39.5 Å². The Kier molecular flexibility index (Phi) is 4.14. The summed E-state index contributed by atoms with van der Waals surface area (Å²) in [7, 11) is 0. The van der Waals surface area contributed by atoms with Gasteiger partial charge in [0.2, 0.25) is 5.91 Å². The van der Waals surface area contributed by atoms with Crippen molar-refractivity contribution >= 4 is 16.8 Å². The molecule has 3 N–H and O–H groups in total. The van der Waals surface area contributed by atoms with Crippen LogP contribution in [0.15, 0.2) is 36.5 Å². The molecular weight excluding hydrogens is 298 g/mol. The van der Waals surface area contributed by atoms with Crippen LogP contribution in [0.3, 0.4) is 0 Å². The summed E-state index contributed by atoms with van der Waals surface area (Å²) in [5.41, 5.74) is 12.0. The Balaban J connectivity index is 2.24. The summed E-state index contributed by atoms with van der Waals surface area (Å²) < 4.78 is 0. The SMILES string of the molecule is Cc1cc(-c2[nH]c3ccc(C(C)C(N)=O)cc3c2C(C)C)ccn1. The molecule has 2 aromatic heterocycles. The first-order chi connectivity index (χ1) is 11.4. The summed E-state index contributed by atoms with van der Waals surface area (Å²) in [5, 5.41) is 1.15. The number of aromatic amines is 1. The van der Waals surface area contributed by atoms with Gasteiger partial charge in [0, 0.05) is 28.4 Å². The molecule has 2 heterocycles. The van der Waals surface area contributed by atoms with Crippen molar-refractivity contribution < 1.29 is 4.79 Å². The van der Waals surface area contributed by atoms with E-state index >= 15 is 0 Å². The van der Waals surface area contributed by atoms with Gasteiger partial charge < -0.3 is 10.7 Å². The Bertz CT molecular complexity index is 908. The second kappa shape index (κ2) is 6.11. The fraction of sp³-hybridized carbons (Fsp3) is 0.300. The van der Waals surface area contributed by atoms with Crippen molar-refractivity contribution in [1.29, 1.82) is 0 Å². The highest BCUT2D eigenvalue weighted by Gasteiger charge is 2.19. The average Bonchev–Trinajstić information content (AvgIpc) is 2.92. The predicted octanol–water partition coefficient (Wildman–Crippen LogP) is 4.25. The normalized spacial score (nSPS) is 12.7. The van der Waals surface area contributed by atoms with Gasteiger partial charge in [0.25, 0.3) is 0 Å². The summed E-state index contributed by atoms with van der Waals surface area (Å²) >= 11 is 0. The fourth-order valence-electron chi connectivity index (χ4n) is 3.19. The van der Waals surface area contributed by atoms with Gasteiger partial charge >= 0.3 is 0 Å². The number of nitrogens with two attached hydrogens (primary N) is 1. The number of carbonyl (C=O) groups is 1. The maximum Gasteiger partial charge on any atom is 0.224 e. The van der Waals surface area contributed by atoms with Crippen LogP contribution >= 0.6 is 0 Å². The zero-order valence-electron chi connectivity index (χ0n) is 14.6. The third kappa shape index (κ3) is 2.80. The van der Waals surface area contributed by atoms with Crippen molar-refractivity contribution in [2.24, 2.45) is 5.73 Å². The molecule has 0 spiro atoms. The number of nitrogens with zero attached hydrogens (tertiary/aromatic N) is 1. The number of pyridine rings is 1. The standard InChI is InChI=1S/C20H23N3O/c1-11(2)18-16-10-14(13(4)20(21)24)5-6-17(16)23-19(18)15-7-8-22-12(3)9-15/h5-11,13,23H,1-4H3,(H2,21,24). The van der Waals surface area contributed by atoms with Crippen LogP contribution in [0.5, 0.6) is 0 Å².